The van der Waals surface area contributed by atoms with Gasteiger partial charge in [0.1, 0.15) is 6.10 Å². The molecule has 0 amide bonds. The third-order valence-corrected chi connectivity index (χ3v) is 7.54. The van der Waals surface area contributed by atoms with Gasteiger partial charge in [0, 0.05) is 23.4 Å². The van der Waals surface area contributed by atoms with Gasteiger partial charge in [0.15, 0.2) is 5.78 Å². The third-order valence-electron chi connectivity index (χ3n) is 7.45. The first-order valence-corrected chi connectivity index (χ1v) is 9.46. The molecule has 0 radical (unpaired) electrons. The summed E-state index contributed by atoms with van der Waals surface area (Å²) in [5.74, 6) is 3.05. The Morgan fingerprint density at radius 1 is 1.17 bits per heavy atom. The maximum atomic E-state index is 11.7. The van der Waals surface area contributed by atoms with Crippen molar-refractivity contribution >= 4 is 22.8 Å². The summed E-state index contributed by atoms with van der Waals surface area (Å²) in [4.78, 5) is 22.9. The normalized spacial score (nSPS) is 45.6. The van der Waals surface area contributed by atoms with Crippen LogP contribution in [0.1, 0.15) is 58.3 Å². The maximum absolute atomic E-state index is 11.7. The van der Waals surface area contributed by atoms with E-state index in [0.29, 0.717) is 17.6 Å². The number of carbonyl (C=O) groups is 2. The topological polar surface area (TPSA) is 43.4 Å². The fraction of sp³-hybridized carbons (Fsp3) is 0.789. The van der Waals surface area contributed by atoms with Crippen LogP contribution in [0.2, 0.25) is 0 Å². The van der Waals surface area contributed by atoms with E-state index in [1.54, 1.807) is 0 Å². The molecule has 0 aromatic rings. The Hall–Kier alpha value is -0.830. The monoisotopic (exact) mass is 336 g/mol. The van der Waals surface area contributed by atoms with Gasteiger partial charge in [0.25, 0.3) is 0 Å². The number of hydrogen-bond acceptors (Lipinski definition) is 3. The highest BCUT2D eigenvalue weighted by molar-refractivity contribution is 6.61. The zero-order valence-corrected chi connectivity index (χ0v) is 14.5. The predicted octanol–water partition coefficient (Wildman–Crippen LogP) is 4.87. The van der Waals surface area contributed by atoms with Crippen molar-refractivity contribution in [1.29, 1.82) is 0 Å². The second kappa shape index (κ2) is 5.61. The van der Waals surface area contributed by atoms with Gasteiger partial charge in [-0.15, -0.1) is 0 Å². The lowest BCUT2D eigenvalue weighted by atomic mass is 9.52. The summed E-state index contributed by atoms with van der Waals surface area (Å²) in [6, 6.07) is 0. The van der Waals surface area contributed by atoms with Crippen LogP contribution in [0.4, 0.5) is 4.79 Å². The average Bonchev–Trinajstić information content (AvgIpc) is 2.83. The SMILES string of the molecule is C[C@]12CC[C@H]3[C@@H](CCC4=CC(=O)CC[C@@H]43)[C@@H]1CC[C@@H]2OC(=O)Cl. The molecule has 6 atom stereocenters. The van der Waals surface area contributed by atoms with Gasteiger partial charge in [0.2, 0.25) is 0 Å². The van der Waals surface area contributed by atoms with Crippen molar-refractivity contribution in [3.63, 3.8) is 0 Å². The first-order chi connectivity index (χ1) is 11.0. The van der Waals surface area contributed by atoms with Crippen LogP contribution in [0.3, 0.4) is 0 Å². The number of rotatable bonds is 1. The van der Waals surface area contributed by atoms with E-state index in [9.17, 15) is 9.59 Å². The number of carbonyl (C=O) groups excluding carboxylic acids is 2. The summed E-state index contributed by atoms with van der Waals surface area (Å²) < 4.78 is 5.45. The van der Waals surface area contributed by atoms with E-state index in [1.165, 1.54) is 18.4 Å². The highest BCUT2D eigenvalue weighted by Crippen LogP contribution is 2.62. The molecule has 3 fully saturated rings. The minimum Gasteiger partial charge on any atom is -0.450 e. The average molecular weight is 337 g/mol. The predicted molar refractivity (Wildman–Crippen MR) is 88.2 cm³/mol. The van der Waals surface area contributed by atoms with Crippen molar-refractivity contribution in [3.05, 3.63) is 11.6 Å². The quantitative estimate of drug-likeness (QED) is 0.641. The van der Waals surface area contributed by atoms with Crippen LogP contribution in [0.25, 0.3) is 0 Å². The largest absolute Gasteiger partial charge is 0.450 e. The zero-order chi connectivity index (χ0) is 16.2. The molecule has 0 heterocycles. The second-order valence-electron chi connectivity index (χ2n) is 8.27. The number of fused-ring (bicyclic) bond motifs is 5. The van der Waals surface area contributed by atoms with Gasteiger partial charge in [-0.25, -0.2) is 4.79 Å². The van der Waals surface area contributed by atoms with Crippen molar-refractivity contribution in [2.24, 2.45) is 29.1 Å². The van der Waals surface area contributed by atoms with Crippen LogP contribution >= 0.6 is 11.6 Å². The number of halogens is 1. The van der Waals surface area contributed by atoms with Crippen LogP contribution in [-0.2, 0) is 9.53 Å². The molecule has 126 valence electrons. The minimum atomic E-state index is -0.654. The van der Waals surface area contributed by atoms with Gasteiger partial charge in [0.05, 0.1) is 0 Å². The van der Waals surface area contributed by atoms with Crippen molar-refractivity contribution in [2.45, 2.75) is 64.4 Å². The summed E-state index contributed by atoms with van der Waals surface area (Å²) >= 11 is 5.49. The van der Waals surface area contributed by atoms with Crippen LogP contribution in [0.5, 0.6) is 0 Å². The smallest absolute Gasteiger partial charge is 0.404 e. The van der Waals surface area contributed by atoms with E-state index in [1.807, 2.05) is 6.08 Å². The van der Waals surface area contributed by atoms with Gasteiger partial charge < -0.3 is 4.74 Å². The zero-order valence-electron chi connectivity index (χ0n) is 13.7. The Balaban J connectivity index is 1.57. The van der Waals surface area contributed by atoms with Gasteiger partial charge in [-0.05, 0) is 74.7 Å². The van der Waals surface area contributed by atoms with E-state index < -0.39 is 5.43 Å². The molecule has 0 unspecified atom stereocenters. The van der Waals surface area contributed by atoms with E-state index in [2.05, 4.69) is 6.92 Å². The lowest BCUT2D eigenvalue weighted by molar-refractivity contribution is -0.116. The maximum Gasteiger partial charge on any atom is 0.404 e. The van der Waals surface area contributed by atoms with Crippen molar-refractivity contribution in [2.75, 3.05) is 0 Å². The summed E-state index contributed by atoms with van der Waals surface area (Å²) in [6.07, 6.45) is 10.4. The molecule has 4 rings (SSSR count). The fourth-order valence-electron chi connectivity index (χ4n) is 6.44. The molecule has 4 heteroatoms. The number of ketones is 1. The Morgan fingerprint density at radius 3 is 2.78 bits per heavy atom. The lowest BCUT2D eigenvalue weighted by Crippen LogP contribution is -2.48. The molecular weight excluding hydrogens is 312 g/mol. The van der Waals surface area contributed by atoms with Crippen LogP contribution in [0, 0.1) is 29.1 Å². The first kappa shape index (κ1) is 15.7. The summed E-state index contributed by atoms with van der Waals surface area (Å²) in [5, 5.41) is 0. The van der Waals surface area contributed by atoms with Crippen molar-refractivity contribution < 1.29 is 14.3 Å². The van der Waals surface area contributed by atoms with Crippen LogP contribution in [-0.4, -0.2) is 17.3 Å². The van der Waals surface area contributed by atoms with E-state index in [-0.39, 0.29) is 11.5 Å². The van der Waals surface area contributed by atoms with Gasteiger partial charge in [-0.2, -0.15) is 0 Å². The number of hydrogen-bond donors (Lipinski definition) is 0. The highest BCUT2D eigenvalue weighted by atomic mass is 35.5. The lowest BCUT2D eigenvalue weighted by Gasteiger charge is -2.53. The molecule has 4 aliphatic rings. The molecule has 23 heavy (non-hydrogen) atoms. The summed E-state index contributed by atoms with van der Waals surface area (Å²) in [6.45, 7) is 2.31. The van der Waals surface area contributed by atoms with E-state index in [0.717, 1.165) is 50.4 Å². The molecule has 0 N–H and O–H groups in total. The molecule has 4 aliphatic carbocycles. The molecule has 0 bridgehead atoms. The number of ether oxygens (including phenoxy) is 1. The van der Waals surface area contributed by atoms with Crippen LogP contribution in [0.15, 0.2) is 11.6 Å². The van der Waals surface area contributed by atoms with Gasteiger partial charge in [-0.1, -0.05) is 12.5 Å². The molecule has 3 saturated carbocycles. The standard InChI is InChI=1S/C19H25ClO3/c1-19-9-8-14-13-5-3-12(21)10-11(13)2-4-15(14)16(19)6-7-17(19)23-18(20)22/h10,13-17H,2-9H2,1H3/t13-,14+,15+,16-,17-,19-/m0/s1. The van der Waals surface area contributed by atoms with Crippen molar-refractivity contribution in [1.82, 2.24) is 0 Å². The van der Waals surface area contributed by atoms with E-state index in [4.69, 9.17) is 16.3 Å². The molecular formula is C19H25ClO3. The van der Waals surface area contributed by atoms with E-state index >= 15 is 0 Å². The molecule has 0 aromatic heterocycles. The first-order valence-electron chi connectivity index (χ1n) is 9.08. The second-order valence-corrected chi connectivity index (χ2v) is 8.58. The highest BCUT2D eigenvalue weighted by Gasteiger charge is 2.57. The van der Waals surface area contributed by atoms with Gasteiger partial charge in [-0.3, -0.25) is 4.79 Å². The van der Waals surface area contributed by atoms with Crippen molar-refractivity contribution in [3.8, 4) is 0 Å². The Bertz CT molecular complexity index is 569. The molecule has 0 spiro atoms. The summed E-state index contributed by atoms with van der Waals surface area (Å²) in [7, 11) is 0. The Morgan fingerprint density at radius 2 is 2.00 bits per heavy atom. The number of allylic oxidation sites excluding steroid dienone is 1. The fourth-order valence-corrected chi connectivity index (χ4v) is 6.55. The molecule has 0 aromatic carbocycles. The molecule has 3 nitrogen and oxygen atoms in total. The molecule has 0 saturated heterocycles. The van der Waals surface area contributed by atoms with Crippen LogP contribution < -0.4 is 0 Å². The third kappa shape index (κ3) is 2.47. The minimum absolute atomic E-state index is 0.0108. The summed E-state index contributed by atoms with van der Waals surface area (Å²) in [5.41, 5.74) is 0.865. The Kier molecular flexibility index (Phi) is 3.83. The Labute approximate surface area is 142 Å². The molecule has 0 aliphatic heterocycles. The van der Waals surface area contributed by atoms with Gasteiger partial charge >= 0.3 is 5.43 Å².